The van der Waals surface area contributed by atoms with Crippen molar-refractivity contribution in [1.82, 2.24) is 5.32 Å². The zero-order valence-electron chi connectivity index (χ0n) is 8.63. The van der Waals surface area contributed by atoms with Crippen LogP contribution in [0, 0.1) is 10.8 Å². The lowest BCUT2D eigenvalue weighted by atomic mass is 9.49. The van der Waals surface area contributed by atoms with Crippen molar-refractivity contribution in [1.29, 1.82) is 0 Å². The first kappa shape index (κ1) is 9.93. The number of carbonyl (C=O) groups is 1. The number of aliphatic hydroxyl groups is 1. The maximum absolute atomic E-state index is 11.2. The van der Waals surface area contributed by atoms with Crippen LogP contribution >= 0.6 is 0 Å². The summed E-state index contributed by atoms with van der Waals surface area (Å²) in [5.74, 6) is -0.866. The van der Waals surface area contributed by atoms with Crippen LogP contribution in [0.4, 0.5) is 0 Å². The highest BCUT2D eigenvalue weighted by Crippen LogP contribution is 2.57. The molecule has 0 unspecified atom stereocenters. The Bertz CT molecular complexity index is 273. The lowest BCUT2D eigenvalue weighted by molar-refractivity contribution is -0.221. The second-order valence-corrected chi connectivity index (χ2v) is 5.54. The van der Waals surface area contributed by atoms with Crippen molar-refractivity contribution in [3.63, 3.8) is 0 Å². The van der Waals surface area contributed by atoms with Gasteiger partial charge in [0.25, 0.3) is 0 Å². The fraction of sp³-hybridized carbons (Fsp3) is 0.900. The number of hydrogen-bond acceptors (Lipinski definition) is 3. The maximum atomic E-state index is 11.2. The highest BCUT2D eigenvalue weighted by molar-refractivity contribution is 5.78. The van der Waals surface area contributed by atoms with Gasteiger partial charge >= 0.3 is 5.97 Å². The Labute approximate surface area is 83.3 Å². The van der Waals surface area contributed by atoms with E-state index >= 15 is 0 Å². The predicted octanol–water partition coefficient (Wildman–Crippen LogP) is 0.212. The molecule has 0 amide bonds. The molecule has 80 valence electrons. The van der Waals surface area contributed by atoms with Crippen LogP contribution in [0.1, 0.15) is 26.7 Å². The minimum Gasteiger partial charge on any atom is -0.481 e. The fourth-order valence-electron chi connectivity index (χ4n) is 2.92. The second kappa shape index (κ2) is 2.49. The summed E-state index contributed by atoms with van der Waals surface area (Å²) in [5, 5.41) is 22.4. The maximum Gasteiger partial charge on any atom is 0.315 e. The third-order valence-electron chi connectivity index (χ3n) is 3.70. The van der Waals surface area contributed by atoms with E-state index in [4.69, 9.17) is 5.11 Å². The summed E-state index contributed by atoms with van der Waals surface area (Å²) in [6.07, 6.45) is 1.18. The first-order chi connectivity index (χ1) is 6.31. The standard InChI is InChI=1S/C10H17NO3/c1-8(2)3-10(14,4-8)9(7(12)13)5-11-6-9/h11,14H,3-6H2,1-2H3,(H,12,13). The van der Waals surface area contributed by atoms with E-state index < -0.39 is 17.0 Å². The molecular formula is C10H17NO3. The molecule has 2 fully saturated rings. The van der Waals surface area contributed by atoms with Gasteiger partial charge in [-0.15, -0.1) is 0 Å². The van der Waals surface area contributed by atoms with Gasteiger partial charge in [0.15, 0.2) is 0 Å². The Morgan fingerprint density at radius 2 is 1.79 bits per heavy atom. The van der Waals surface area contributed by atoms with Crippen LogP contribution in [0.15, 0.2) is 0 Å². The van der Waals surface area contributed by atoms with Crippen LogP contribution in [0.2, 0.25) is 0 Å². The SMILES string of the molecule is CC1(C)CC(O)(C2(C(=O)O)CNC2)C1. The molecule has 1 heterocycles. The molecule has 4 heteroatoms. The Balaban J connectivity index is 2.18. The van der Waals surface area contributed by atoms with Crippen molar-refractivity contribution in [2.45, 2.75) is 32.3 Å². The van der Waals surface area contributed by atoms with Crippen LogP contribution in [-0.2, 0) is 4.79 Å². The van der Waals surface area contributed by atoms with Gasteiger partial charge in [0.05, 0.1) is 5.60 Å². The summed E-state index contributed by atoms with van der Waals surface area (Å²) < 4.78 is 0. The third kappa shape index (κ3) is 1.04. The monoisotopic (exact) mass is 199 g/mol. The molecule has 4 nitrogen and oxygen atoms in total. The summed E-state index contributed by atoms with van der Waals surface area (Å²) in [7, 11) is 0. The van der Waals surface area contributed by atoms with E-state index in [1.54, 1.807) is 0 Å². The molecule has 3 N–H and O–H groups in total. The second-order valence-electron chi connectivity index (χ2n) is 5.54. The van der Waals surface area contributed by atoms with Gasteiger partial charge in [0, 0.05) is 13.1 Å². The van der Waals surface area contributed by atoms with Gasteiger partial charge in [-0.3, -0.25) is 4.79 Å². The van der Waals surface area contributed by atoms with Crippen LogP contribution < -0.4 is 5.32 Å². The van der Waals surface area contributed by atoms with E-state index in [-0.39, 0.29) is 5.41 Å². The zero-order valence-corrected chi connectivity index (χ0v) is 8.63. The molecule has 1 saturated carbocycles. The first-order valence-electron chi connectivity index (χ1n) is 4.98. The van der Waals surface area contributed by atoms with Crippen molar-refractivity contribution in [2.24, 2.45) is 10.8 Å². The van der Waals surface area contributed by atoms with Crippen LogP contribution in [0.3, 0.4) is 0 Å². The molecule has 14 heavy (non-hydrogen) atoms. The molecule has 1 aliphatic carbocycles. The Morgan fingerprint density at radius 3 is 2.00 bits per heavy atom. The highest BCUT2D eigenvalue weighted by atomic mass is 16.4. The number of rotatable bonds is 2. The molecule has 1 aliphatic heterocycles. The van der Waals surface area contributed by atoms with Gasteiger partial charge in [-0.1, -0.05) is 13.8 Å². The zero-order chi connectivity index (χ0) is 10.6. The third-order valence-corrected chi connectivity index (χ3v) is 3.70. The molecule has 0 spiro atoms. The van der Waals surface area contributed by atoms with Gasteiger partial charge in [-0.2, -0.15) is 0 Å². The molecule has 0 bridgehead atoms. The average molecular weight is 199 g/mol. The Kier molecular flexibility index (Phi) is 1.77. The smallest absolute Gasteiger partial charge is 0.315 e. The highest BCUT2D eigenvalue weighted by Gasteiger charge is 2.66. The predicted molar refractivity (Wildman–Crippen MR) is 50.9 cm³/mol. The first-order valence-corrected chi connectivity index (χ1v) is 4.98. The van der Waals surface area contributed by atoms with E-state index in [9.17, 15) is 9.90 Å². The summed E-state index contributed by atoms with van der Waals surface area (Å²) in [6, 6.07) is 0. The van der Waals surface area contributed by atoms with Gasteiger partial charge in [-0.05, 0) is 18.3 Å². The Morgan fingerprint density at radius 1 is 1.29 bits per heavy atom. The molecule has 0 atom stereocenters. The Hall–Kier alpha value is -0.610. The number of hydrogen-bond donors (Lipinski definition) is 3. The minimum absolute atomic E-state index is 0.0901. The topological polar surface area (TPSA) is 69.6 Å². The van der Waals surface area contributed by atoms with Gasteiger partial charge < -0.3 is 15.5 Å². The molecule has 0 aromatic carbocycles. The van der Waals surface area contributed by atoms with E-state index in [0.717, 1.165) is 0 Å². The molecule has 1 saturated heterocycles. The lowest BCUT2D eigenvalue weighted by Gasteiger charge is -2.60. The van der Waals surface area contributed by atoms with Crippen molar-refractivity contribution < 1.29 is 15.0 Å². The van der Waals surface area contributed by atoms with Crippen LogP contribution in [-0.4, -0.2) is 34.9 Å². The van der Waals surface area contributed by atoms with E-state index in [1.165, 1.54) is 0 Å². The molecule has 0 aromatic rings. The van der Waals surface area contributed by atoms with E-state index in [0.29, 0.717) is 25.9 Å². The number of carboxylic acid groups (broad SMARTS) is 1. The molecule has 0 aromatic heterocycles. The fourth-order valence-corrected chi connectivity index (χ4v) is 2.92. The van der Waals surface area contributed by atoms with E-state index in [2.05, 4.69) is 19.2 Å². The van der Waals surface area contributed by atoms with Gasteiger partial charge in [0.2, 0.25) is 0 Å². The quantitative estimate of drug-likeness (QED) is 0.594. The summed E-state index contributed by atoms with van der Waals surface area (Å²) >= 11 is 0. The molecule has 2 rings (SSSR count). The average Bonchev–Trinajstić information content (AvgIpc) is 1.75. The largest absolute Gasteiger partial charge is 0.481 e. The number of aliphatic carboxylic acids is 1. The van der Waals surface area contributed by atoms with Gasteiger partial charge in [0.1, 0.15) is 5.41 Å². The summed E-state index contributed by atoms with van der Waals surface area (Å²) in [5.41, 5.74) is -1.83. The number of carboxylic acids is 1. The van der Waals surface area contributed by atoms with Gasteiger partial charge in [-0.25, -0.2) is 0 Å². The normalized spacial score (nSPS) is 31.4. The van der Waals surface area contributed by atoms with Crippen molar-refractivity contribution in [2.75, 3.05) is 13.1 Å². The molecular weight excluding hydrogens is 182 g/mol. The van der Waals surface area contributed by atoms with Crippen LogP contribution in [0.5, 0.6) is 0 Å². The van der Waals surface area contributed by atoms with E-state index in [1.807, 2.05) is 0 Å². The van der Waals surface area contributed by atoms with Crippen molar-refractivity contribution >= 4 is 5.97 Å². The van der Waals surface area contributed by atoms with Crippen molar-refractivity contribution in [3.05, 3.63) is 0 Å². The number of nitrogens with one attached hydrogen (secondary N) is 1. The minimum atomic E-state index is -0.992. The lowest BCUT2D eigenvalue weighted by Crippen LogP contribution is -2.74. The summed E-state index contributed by atoms with van der Waals surface area (Å²) in [4.78, 5) is 11.2. The van der Waals surface area contributed by atoms with Crippen LogP contribution in [0.25, 0.3) is 0 Å². The molecule has 2 aliphatic rings. The molecule has 0 radical (unpaired) electrons. The van der Waals surface area contributed by atoms with Crippen molar-refractivity contribution in [3.8, 4) is 0 Å². The summed E-state index contributed by atoms with van der Waals surface area (Å²) in [6.45, 7) is 4.91.